The summed E-state index contributed by atoms with van der Waals surface area (Å²) in [7, 11) is 1.79. The molecule has 4 aromatic rings. The van der Waals surface area contributed by atoms with Crippen LogP contribution in [0.25, 0.3) is 11.3 Å². The Morgan fingerprint density at radius 1 is 1.08 bits per heavy atom. The van der Waals surface area contributed by atoms with Gasteiger partial charge >= 0.3 is 0 Å². The van der Waals surface area contributed by atoms with Crippen LogP contribution in [-0.2, 0) is 26.6 Å². The molecule has 37 heavy (non-hydrogen) atoms. The number of carbonyl (C=O) groups excluding carboxylic acids is 1. The lowest BCUT2D eigenvalue weighted by atomic mass is 9.94. The van der Waals surface area contributed by atoms with Crippen molar-refractivity contribution in [1.82, 2.24) is 24.9 Å². The standard InChI is InChI=1S/C28H27Cl2N5O2/c1-16-12-17(2)31-27(37-15-19-8-6-5-7-9-19)22(16)14-35-11-10-20-23(29)13-21(25(30)24(20)28(35)36)26-18(3)32-33-34(26)4/h5-9,12-13H,10-11,14-15H2,1-4H3. The molecule has 3 heterocycles. The number of nitrogens with zero attached hydrogens (tertiary/aromatic N) is 5. The maximum Gasteiger partial charge on any atom is 0.256 e. The molecule has 0 spiro atoms. The second kappa shape index (κ2) is 10.1. The topological polar surface area (TPSA) is 73.1 Å². The summed E-state index contributed by atoms with van der Waals surface area (Å²) in [6, 6.07) is 13.8. The highest BCUT2D eigenvalue weighted by Crippen LogP contribution is 2.40. The third-order valence-electron chi connectivity index (χ3n) is 6.71. The van der Waals surface area contributed by atoms with Gasteiger partial charge in [0.2, 0.25) is 5.88 Å². The van der Waals surface area contributed by atoms with Gasteiger partial charge in [-0.3, -0.25) is 4.79 Å². The Morgan fingerprint density at radius 3 is 2.54 bits per heavy atom. The first-order chi connectivity index (χ1) is 17.7. The average molecular weight is 536 g/mol. The number of ether oxygens (including phenoxy) is 1. The molecule has 0 saturated heterocycles. The molecule has 0 fully saturated rings. The van der Waals surface area contributed by atoms with Crippen molar-refractivity contribution in [2.24, 2.45) is 7.05 Å². The van der Waals surface area contributed by atoms with E-state index in [2.05, 4.69) is 15.3 Å². The van der Waals surface area contributed by atoms with E-state index in [1.807, 2.05) is 57.2 Å². The molecule has 7 nitrogen and oxygen atoms in total. The predicted molar refractivity (Wildman–Crippen MR) is 144 cm³/mol. The molecule has 9 heteroatoms. The van der Waals surface area contributed by atoms with Crippen molar-refractivity contribution in [3.05, 3.63) is 91.7 Å². The Hall–Kier alpha value is -3.42. The number of pyridine rings is 1. The fraction of sp³-hybridized carbons (Fsp3) is 0.286. The van der Waals surface area contributed by atoms with E-state index in [0.29, 0.717) is 58.9 Å². The lowest BCUT2D eigenvalue weighted by molar-refractivity contribution is 0.0725. The van der Waals surface area contributed by atoms with Gasteiger partial charge in [0, 0.05) is 35.4 Å². The number of benzene rings is 2. The molecule has 5 rings (SSSR count). The molecular weight excluding hydrogens is 509 g/mol. The van der Waals surface area contributed by atoms with E-state index in [1.165, 1.54) is 0 Å². The molecule has 1 aliphatic heterocycles. The molecular formula is C28H27Cl2N5O2. The Balaban J connectivity index is 1.48. The molecule has 0 N–H and O–H groups in total. The van der Waals surface area contributed by atoms with E-state index in [-0.39, 0.29) is 5.91 Å². The molecule has 2 aromatic carbocycles. The van der Waals surface area contributed by atoms with Crippen LogP contribution in [0.2, 0.25) is 10.0 Å². The Labute approximate surface area is 226 Å². The fourth-order valence-electron chi connectivity index (χ4n) is 4.85. The lowest BCUT2D eigenvalue weighted by Crippen LogP contribution is -2.38. The zero-order valence-corrected chi connectivity index (χ0v) is 22.7. The molecule has 1 amide bonds. The van der Waals surface area contributed by atoms with Gasteiger partial charge < -0.3 is 9.64 Å². The highest BCUT2D eigenvalue weighted by atomic mass is 35.5. The van der Waals surface area contributed by atoms with Gasteiger partial charge in [-0.15, -0.1) is 5.10 Å². The van der Waals surface area contributed by atoms with Crippen molar-refractivity contribution in [2.45, 2.75) is 40.3 Å². The third-order valence-corrected chi connectivity index (χ3v) is 7.43. The van der Waals surface area contributed by atoms with E-state index in [4.69, 9.17) is 27.9 Å². The lowest BCUT2D eigenvalue weighted by Gasteiger charge is -2.31. The van der Waals surface area contributed by atoms with E-state index in [9.17, 15) is 4.79 Å². The van der Waals surface area contributed by atoms with Gasteiger partial charge in [0.15, 0.2) is 0 Å². The molecule has 1 aliphatic rings. The molecule has 190 valence electrons. The summed E-state index contributed by atoms with van der Waals surface area (Å²) in [4.78, 5) is 20.3. The third kappa shape index (κ3) is 4.81. The Morgan fingerprint density at radius 2 is 1.84 bits per heavy atom. The van der Waals surface area contributed by atoms with Gasteiger partial charge in [0.05, 0.1) is 28.5 Å². The smallest absolute Gasteiger partial charge is 0.256 e. The van der Waals surface area contributed by atoms with Crippen LogP contribution in [0.3, 0.4) is 0 Å². The van der Waals surface area contributed by atoms with Gasteiger partial charge in [0.25, 0.3) is 5.91 Å². The molecule has 0 unspecified atom stereocenters. The molecule has 0 saturated carbocycles. The predicted octanol–water partition coefficient (Wildman–Crippen LogP) is 5.89. The number of aromatic nitrogens is 4. The average Bonchev–Trinajstić information content (AvgIpc) is 3.20. The number of hydrogen-bond acceptors (Lipinski definition) is 5. The number of fused-ring (bicyclic) bond motifs is 1. The number of hydrogen-bond donors (Lipinski definition) is 0. The largest absolute Gasteiger partial charge is 0.473 e. The summed E-state index contributed by atoms with van der Waals surface area (Å²) in [6.45, 7) is 7.06. The van der Waals surface area contributed by atoms with Crippen LogP contribution in [-0.4, -0.2) is 37.3 Å². The molecule has 0 aliphatic carbocycles. The van der Waals surface area contributed by atoms with Crippen LogP contribution in [0.4, 0.5) is 0 Å². The summed E-state index contributed by atoms with van der Waals surface area (Å²) in [5, 5.41) is 9.09. The zero-order chi connectivity index (χ0) is 26.3. The Bertz CT molecular complexity index is 1480. The van der Waals surface area contributed by atoms with Crippen molar-refractivity contribution in [3.63, 3.8) is 0 Å². The van der Waals surface area contributed by atoms with Crippen LogP contribution in [0.1, 0.15) is 44.0 Å². The SMILES string of the molecule is Cc1cc(C)c(CN2CCc3c(Cl)cc(-c4c(C)nnn4C)c(Cl)c3C2=O)c(OCc2ccccc2)n1. The molecule has 0 radical (unpaired) electrons. The van der Waals surface area contributed by atoms with Crippen molar-refractivity contribution >= 4 is 29.1 Å². The summed E-state index contributed by atoms with van der Waals surface area (Å²) >= 11 is 13.6. The summed E-state index contributed by atoms with van der Waals surface area (Å²) in [6.07, 6.45) is 0.598. The number of rotatable bonds is 6. The van der Waals surface area contributed by atoms with Crippen molar-refractivity contribution < 1.29 is 9.53 Å². The quantitative estimate of drug-likeness (QED) is 0.308. The first-order valence-corrected chi connectivity index (χ1v) is 12.8. The van der Waals surface area contributed by atoms with Crippen LogP contribution in [0.5, 0.6) is 5.88 Å². The molecule has 2 aromatic heterocycles. The highest BCUT2D eigenvalue weighted by molar-refractivity contribution is 6.39. The minimum atomic E-state index is -0.170. The van der Waals surface area contributed by atoms with E-state index in [1.54, 1.807) is 22.7 Å². The van der Waals surface area contributed by atoms with E-state index >= 15 is 0 Å². The van der Waals surface area contributed by atoms with Gasteiger partial charge in [-0.05, 0) is 56.0 Å². The van der Waals surface area contributed by atoms with Crippen LogP contribution >= 0.6 is 23.2 Å². The number of aryl methyl sites for hydroxylation is 4. The molecule has 0 bridgehead atoms. The summed E-state index contributed by atoms with van der Waals surface area (Å²) in [5.41, 5.74) is 7.09. The summed E-state index contributed by atoms with van der Waals surface area (Å²) < 4.78 is 7.80. The minimum absolute atomic E-state index is 0.170. The second-order valence-electron chi connectivity index (χ2n) is 9.34. The molecule has 0 atom stereocenters. The van der Waals surface area contributed by atoms with Crippen LogP contribution < -0.4 is 4.74 Å². The maximum atomic E-state index is 13.8. The van der Waals surface area contributed by atoms with E-state index < -0.39 is 0 Å². The van der Waals surface area contributed by atoms with Crippen molar-refractivity contribution in [1.29, 1.82) is 0 Å². The maximum absolute atomic E-state index is 13.8. The van der Waals surface area contributed by atoms with Gasteiger partial charge in [0.1, 0.15) is 6.61 Å². The van der Waals surface area contributed by atoms with Gasteiger partial charge in [-0.1, -0.05) is 58.7 Å². The number of amides is 1. The minimum Gasteiger partial charge on any atom is -0.473 e. The zero-order valence-electron chi connectivity index (χ0n) is 21.2. The fourth-order valence-corrected chi connectivity index (χ4v) is 5.48. The monoisotopic (exact) mass is 535 g/mol. The first-order valence-electron chi connectivity index (χ1n) is 12.0. The number of carbonyl (C=O) groups is 1. The van der Waals surface area contributed by atoms with Crippen molar-refractivity contribution in [2.75, 3.05) is 6.54 Å². The van der Waals surface area contributed by atoms with E-state index in [0.717, 1.165) is 33.6 Å². The Kier molecular flexibility index (Phi) is 6.92. The number of halogens is 2. The van der Waals surface area contributed by atoms with Gasteiger partial charge in [-0.25, -0.2) is 9.67 Å². The highest BCUT2D eigenvalue weighted by Gasteiger charge is 2.32. The van der Waals surface area contributed by atoms with Gasteiger partial charge in [-0.2, -0.15) is 0 Å². The normalized spacial score (nSPS) is 13.1. The van der Waals surface area contributed by atoms with Crippen LogP contribution in [0.15, 0.2) is 42.5 Å². The first kappa shape index (κ1) is 25.2. The summed E-state index contributed by atoms with van der Waals surface area (Å²) in [5.74, 6) is 0.367. The second-order valence-corrected chi connectivity index (χ2v) is 10.1. The van der Waals surface area contributed by atoms with Crippen molar-refractivity contribution in [3.8, 4) is 17.1 Å². The van der Waals surface area contributed by atoms with Crippen LogP contribution in [0, 0.1) is 20.8 Å².